The minimum atomic E-state index is -0.588. The van der Waals surface area contributed by atoms with E-state index in [1.54, 1.807) is 0 Å². The Hall–Kier alpha value is -0.650. The summed E-state index contributed by atoms with van der Waals surface area (Å²) in [6.45, 7) is 5.26. The number of hydrogen-bond donors (Lipinski definition) is 2. The van der Waals surface area contributed by atoms with E-state index in [1.807, 2.05) is 13.8 Å². The maximum absolute atomic E-state index is 11.5. The Kier molecular flexibility index (Phi) is 6.60. The molecule has 18 heavy (non-hydrogen) atoms. The number of carbonyl (C=O) groups excluding carboxylic acids is 1. The predicted molar refractivity (Wildman–Crippen MR) is 68.2 cm³/mol. The highest BCUT2D eigenvalue weighted by Crippen LogP contribution is 2.28. The molecule has 0 bridgehead atoms. The average molecular weight is 259 g/mol. The van der Waals surface area contributed by atoms with Crippen LogP contribution in [0.5, 0.6) is 0 Å². The molecule has 1 fully saturated rings. The molecule has 1 aliphatic rings. The van der Waals surface area contributed by atoms with Crippen LogP contribution in [0.1, 0.15) is 26.7 Å². The summed E-state index contributed by atoms with van der Waals surface area (Å²) in [5.41, 5.74) is 0. The molecule has 0 amide bonds. The van der Waals surface area contributed by atoms with Crippen LogP contribution in [0.15, 0.2) is 0 Å². The van der Waals surface area contributed by atoms with Gasteiger partial charge in [0.2, 0.25) is 0 Å². The molecule has 0 heterocycles. The van der Waals surface area contributed by atoms with E-state index in [2.05, 4.69) is 5.32 Å². The molecule has 1 saturated carbocycles. The van der Waals surface area contributed by atoms with Gasteiger partial charge in [-0.25, -0.2) is 0 Å². The highest BCUT2D eigenvalue weighted by molar-refractivity contribution is 5.75. The summed E-state index contributed by atoms with van der Waals surface area (Å²) in [4.78, 5) is 11.5. The quantitative estimate of drug-likeness (QED) is 0.592. The molecular weight excluding hydrogens is 234 g/mol. The molecule has 0 aromatic heterocycles. The zero-order chi connectivity index (χ0) is 13.5. The standard InChI is InChI=1S/C13H25NO4/c1-9(2)12(13(16)17-3)14-6-11(15)8-18-7-10-4-5-10/h9-12,14-15H,4-8H2,1-3H3. The molecule has 106 valence electrons. The predicted octanol–water partition coefficient (Wildman–Crippen LogP) is 0.561. The molecule has 0 radical (unpaired) electrons. The van der Waals surface area contributed by atoms with Gasteiger partial charge in [-0.2, -0.15) is 0 Å². The van der Waals surface area contributed by atoms with Crippen LogP contribution in [0.3, 0.4) is 0 Å². The van der Waals surface area contributed by atoms with Crippen LogP contribution >= 0.6 is 0 Å². The Bertz CT molecular complexity index is 253. The van der Waals surface area contributed by atoms with E-state index in [9.17, 15) is 9.90 Å². The van der Waals surface area contributed by atoms with Gasteiger partial charge in [0.1, 0.15) is 6.04 Å². The molecule has 5 heteroatoms. The van der Waals surface area contributed by atoms with E-state index in [0.29, 0.717) is 19.1 Å². The fourth-order valence-corrected chi connectivity index (χ4v) is 1.70. The van der Waals surface area contributed by atoms with Crippen molar-refractivity contribution < 1.29 is 19.4 Å². The molecule has 5 nitrogen and oxygen atoms in total. The number of methoxy groups -OCH3 is 1. The highest BCUT2D eigenvalue weighted by atomic mass is 16.5. The van der Waals surface area contributed by atoms with Gasteiger partial charge in [-0.1, -0.05) is 13.8 Å². The Labute approximate surface area is 109 Å². The molecule has 0 aromatic carbocycles. The van der Waals surface area contributed by atoms with Crippen LogP contribution in [-0.2, 0) is 14.3 Å². The number of aliphatic hydroxyl groups is 1. The summed E-state index contributed by atoms with van der Waals surface area (Å²) in [6, 6.07) is -0.381. The van der Waals surface area contributed by atoms with Crippen molar-refractivity contribution in [1.82, 2.24) is 5.32 Å². The number of carbonyl (C=O) groups is 1. The lowest BCUT2D eigenvalue weighted by Crippen LogP contribution is -2.45. The average Bonchev–Trinajstić information content (AvgIpc) is 3.12. The Morgan fingerprint density at radius 1 is 1.44 bits per heavy atom. The first-order valence-electron chi connectivity index (χ1n) is 6.61. The minimum Gasteiger partial charge on any atom is -0.468 e. The van der Waals surface area contributed by atoms with Crippen LogP contribution in [0.4, 0.5) is 0 Å². The topological polar surface area (TPSA) is 67.8 Å². The summed E-state index contributed by atoms with van der Waals surface area (Å²) < 4.78 is 10.1. The summed E-state index contributed by atoms with van der Waals surface area (Å²) in [7, 11) is 1.37. The van der Waals surface area contributed by atoms with Crippen molar-refractivity contribution in [3.63, 3.8) is 0 Å². The van der Waals surface area contributed by atoms with Gasteiger partial charge in [-0.15, -0.1) is 0 Å². The number of ether oxygens (including phenoxy) is 2. The molecular formula is C13H25NO4. The molecule has 1 aliphatic carbocycles. The van der Waals surface area contributed by atoms with Gasteiger partial charge in [0.05, 0.1) is 19.8 Å². The molecule has 2 atom stereocenters. The lowest BCUT2D eigenvalue weighted by atomic mass is 10.0. The second-order valence-corrected chi connectivity index (χ2v) is 5.29. The van der Waals surface area contributed by atoms with Gasteiger partial charge in [0.25, 0.3) is 0 Å². The van der Waals surface area contributed by atoms with Crippen molar-refractivity contribution in [2.24, 2.45) is 11.8 Å². The molecule has 2 N–H and O–H groups in total. The van der Waals surface area contributed by atoms with Gasteiger partial charge in [-0.3, -0.25) is 4.79 Å². The van der Waals surface area contributed by atoms with Crippen molar-refractivity contribution in [3.8, 4) is 0 Å². The fraction of sp³-hybridized carbons (Fsp3) is 0.923. The minimum absolute atomic E-state index is 0.122. The van der Waals surface area contributed by atoms with Crippen LogP contribution in [0, 0.1) is 11.8 Å². The third kappa shape index (κ3) is 5.80. The number of esters is 1. The van der Waals surface area contributed by atoms with Crippen LogP contribution < -0.4 is 5.32 Å². The number of hydrogen-bond acceptors (Lipinski definition) is 5. The van der Waals surface area contributed by atoms with Crippen molar-refractivity contribution in [2.45, 2.75) is 38.8 Å². The van der Waals surface area contributed by atoms with Gasteiger partial charge < -0.3 is 19.9 Å². The SMILES string of the molecule is COC(=O)C(NCC(O)COCC1CC1)C(C)C. The second-order valence-electron chi connectivity index (χ2n) is 5.29. The summed E-state index contributed by atoms with van der Waals surface area (Å²) in [5.74, 6) is 0.525. The van der Waals surface area contributed by atoms with Crippen molar-refractivity contribution >= 4 is 5.97 Å². The van der Waals surface area contributed by atoms with Gasteiger partial charge in [0, 0.05) is 13.2 Å². The number of rotatable bonds is 9. The van der Waals surface area contributed by atoms with Gasteiger partial charge in [-0.05, 0) is 24.7 Å². The second kappa shape index (κ2) is 7.71. The monoisotopic (exact) mass is 259 g/mol. The molecule has 1 rings (SSSR count). The fourth-order valence-electron chi connectivity index (χ4n) is 1.70. The van der Waals surface area contributed by atoms with E-state index < -0.39 is 6.10 Å². The third-order valence-corrected chi connectivity index (χ3v) is 3.06. The lowest BCUT2D eigenvalue weighted by molar-refractivity contribution is -0.144. The third-order valence-electron chi connectivity index (χ3n) is 3.06. The molecule has 2 unspecified atom stereocenters. The maximum Gasteiger partial charge on any atom is 0.323 e. The molecule has 0 saturated heterocycles. The van der Waals surface area contributed by atoms with Gasteiger partial charge >= 0.3 is 5.97 Å². The van der Waals surface area contributed by atoms with E-state index >= 15 is 0 Å². The van der Waals surface area contributed by atoms with Crippen LogP contribution in [-0.4, -0.2) is 50.1 Å². The first-order valence-corrected chi connectivity index (χ1v) is 6.61. The zero-order valence-corrected chi connectivity index (χ0v) is 11.5. The Morgan fingerprint density at radius 2 is 2.11 bits per heavy atom. The number of nitrogens with one attached hydrogen (secondary N) is 1. The van der Waals surface area contributed by atoms with E-state index in [4.69, 9.17) is 9.47 Å². The number of aliphatic hydroxyl groups excluding tert-OH is 1. The van der Waals surface area contributed by atoms with Crippen molar-refractivity contribution in [2.75, 3.05) is 26.9 Å². The Balaban J connectivity index is 2.16. The van der Waals surface area contributed by atoms with Crippen LogP contribution in [0.25, 0.3) is 0 Å². The maximum atomic E-state index is 11.5. The van der Waals surface area contributed by atoms with E-state index in [0.717, 1.165) is 6.61 Å². The van der Waals surface area contributed by atoms with Gasteiger partial charge in [0.15, 0.2) is 0 Å². The van der Waals surface area contributed by atoms with E-state index in [1.165, 1.54) is 20.0 Å². The highest BCUT2D eigenvalue weighted by Gasteiger charge is 2.24. The van der Waals surface area contributed by atoms with Crippen molar-refractivity contribution in [3.05, 3.63) is 0 Å². The first-order chi connectivity index (χ1) is 8.54. The van der Waals surface area contributed by atoms with Crippen molar-refractivity contribution in [1.29, 1.82) is 0 Å². The van der Waals surface area contributed by atoms with E-state index in [-0.39, 0.29) is 17.9 Å². The zero-order valence-electron chi connectivity index (χ0n) is 11.5. The Morgan fingerprint density at radius 3 is 2.61 bits per heavy atom. The first kappa shape index (κ1) is 15.4. The normalized spacial score (nSPS) is 18.7. The molecule has 0 aromatic rings. The molecule has 0 spiro atoms. The van der Waals surface area contributed by atoms with Crippen LogP contribution in [0.2, 0.25) is 0 Å². The summed E-state index contributed by atoms with van der Waals surface area (Å²) in [6.07, 6.45) is 1.90. The summed E-state index contributed by atoms with van der Waals surface area (Å²) in [5, 5.41) is 12.7. The smallest absolute Gasteiger partial charge is 0.323 e. The lowest BCUT2D eigenvalue weighted by Gasteiger charge is -2.21. The summed E-state index contributed by atoms with van der Waals surface area (Å²) >= 11 is 0. The molecule has 0 aliphatic heterocycles. The largest absolute Gasteiger partial charge is 0.468 e.